The predicted octanol–water partition coefficient (Wildman–Crippen LogP) is 3.27. The van der Waals surface area contributed by atoms with Gasteiger partial charge in [0.25, 0.3) is 0 Å². The molecule has 0 fully saturated rings. The summed E-state index contributed by atoms with van der Waals surface area (Å²) in [6, 6.07) is 1.15. The molecule has 1 nitrogen and oxygen atoms in total. The quantitative estimate of drug-likeness (QED) is 0.573. The van der Waals surface area contributed by atoms with Crippen LogP contribution in [0.5, 0.6) is 0 Å². The van der Waals surface area contributed by atoms with Gasteiger partial charge < -0.3 is 0 Å². The van der Waals surface area contributed by atoms with Gasteiger partial charge in [-0.25, -0.2) is 4.98 Å². The average Bonchev–Trinajstić information content (AvgIpc) is 2.03. The second kappa shape index (κ2) is 3.81. The van der Waals surface area contributed by atoms with Crippen molar-refractivity contribution >= 4 is 22.6 Å². The van der Waals surface area contributed by atoms with E-state index in [9.17, 15) is 13.2 Å². The number of aryl methyl sites for hydroxylation is 1. The SMILES string of the molecule is CCc1cnc(I)c(C(F)(F)F)c1. The minimum Gasteiger partial charge on any atom is -0.249 e. The number of hydrogen-bond acceptors (Lipinski definition) is 1. The van der Waals surface area contributed by atoms with Crippen LogP contribution < -0.4 is 0 Å². The maximum atomic E-state index is 12.3. The van der Waals surface area contributed by atoms with Crippen LogP contribution in [-0.2, 0) is 12.6 Å². The van der Waals surface area contributed by atoms with Crippen LogP contribution in [0.4, 0.5) is 13.2 Å². The maximum absolute atomic E-state index is 12.3. The molecule has 0 atom stereocenters. The normalized spacial score (nSPS) is 11.8. The zero-order chi connectivity index (χ0) is 10.1. The molecule has 0 bridgehead atoms. The summed E-state index contributed by atoms with van der Waals surface area (Å²) in [5.74, 6) is 0. The molecule has 0 amide bonds. The van der Waals surface area contributed by atoms with Crippen molar-refractivity contribution < 1.29 is 13.2 Å². The van der Waals surface area contributed by atoms with Gasteiger partial charge in [-0.2, -0.15) is 13.2 Å². The lowest BCUT2D eigenvalue weighted by atomic mass is 10.1. The highest BCUT2D eigenvalue weighted by Gasteiger charge is 2.33. The Labute approximate surface area is 87.5 Å². The van der Waals surface area contributed by atoms with Crippen LogP contribution in [-0.4, -0.2) is 4.98 Å². The molecule has 0 aliphatic carbocycles. The lowest BCUT2D eigenvalue weighted by molar-refractivity contribution is -0.138. The van der Waals surface area contributed by atoms with Gasteiger partial charge in [0, 0.05) is 6.20 Å². The molecular weight excluding hydrogens is 294 g/mol. The third-order valence-electron chi connectivity index (χ3n) is 1.61. The Kier molecular flexibility index (Phi) is 3.15. The number of alkyl halides is 3. The summed E-state index contributed by atoms with van der Waals surface area (Å²) in [5.41, 5.74) is -0.0415. The minimum absolute atomic E-state index is 0.00213. The van der Waals surface area contributed by atoms with Gasteiger partial charge in [0.1, 0.15) is 3.70 Å². The Hall–Kier alpha value is -0.330. The first-order valence-corrected chi connectivity index (χ1v) is 4.74. The molecule has 1 heterocycles. The standard InChI is InChI=1S/C8H7F3IN/c1-2-5-3-6(8(9,10)11)7(12)13-4-5/h3-4H,2H2,1H3. The van der Waals surface area contributed by atoms with Crippen LogP contribution in [0.1, 0.15) is 18.1 Å². The van der Waals surface area contributed by atoms with Crippen LogP contribution >= 0.6 is 22.6 Å². The molecule has 0 aromatic carbocycles. The van der Waals surface area contributed by atoms with Crippen molar-refractivity contribution in [1.29, 1.82) is 0 Å². The lowest BCUT2D eigenvalue weighted by Gasteiger charge is -2.09. The van der Waals surface area contributed by atoms with Crippen molar-refractivity contribution in [2.75, 3.05) is 0 Å². The third kappa shape index (κ3) is 2.55. The largest absolute Gasteiger partial charge is 0.418 e. The molecule has 1 aromatic heterocycles. The van der Waals surface area contributed by atoms with E-state index in [1.165, 1.54) is 6.20 Å². The first-order chi connectivity index (χ1) is 5.95. The van der Waals surface area contributed by atoms with Gasteiger partial charge in [0.05, 0.1) is 5.56 Å². The zero-order valence-corrected chi connectivity index (χ0v) is 8.98. The number of aromatic nitrogens is 1. The fraction of sp³-hybridized carbons (Fsp3) is 0.375. The number of hydrogen-bond donors (Lipinski definition) is 0. The second-order valence-corrected chi connectivity index (χ2v) is 3.56. The third-order valence-corrected chi connectivity index (χ3v) is 2.47. The molecule has 0 aliphatic rings. The van der Waals surface area contributed by atoms with Crippen molar-refractivity contribution in [1.82, 2.24) is 4.98 Å². The first-order valence-electron chi connectivity index (χ1n) is 3.66. The van der Waals surface area contributed by atoms with E-state index in [4.69, 9.17) is 0 Å². The highest BCUT2D eigenvalue weighted by Crippen LogP contribution is 2.32. The van der Waals surface area contributed by atoms with Gasteiger partial charge in [-0.3, -0.25) is 0 Å². The van der Waals surface area contributed by atoms with Gasteiger partial charge in [-0.05, 0) is 40.6 Å². The summed E-state index contributed by atoms with van der Waals surface area (Å²) in [4.78, 5) is 3.68. The number of rotatable bonds is 1. The number of pyridine rings is 1. The number of nitrogens with zero attached hydrogens (tertiary/aromatic N) is 1. The Bertz CT molecular complexity index is 309. The van der Waals surface area contributed by atoms with E-state index < -0.39 is 11.7 Å². The molecule has 5 heteroatoms. The Morgan fingerprint density at radius 3 is 2.54 bits per heavy atom. The Balaban J connectivity index is 3.19. The summed E-state index contributed by atoms with van der Waals surface area (Å²) in [5, 5.41) is 0. The average molecular weight is 301 g/mol. The van der Waals surface area contributed by atoms with Crippen molar-refractivity contribution in [3.8, 4) is 0 Å². The molecule has 0 radical (unpaired) electrons. The molecular formula is C8H7F3IN. The molecule has 0 saturated carbocycles. The highest BCUT2D eigenvalue weighted by atomic mass is 127. The van der Waals surface area contributed by atoms with E-state index in [1.807, 2.05) is 0 Å². The van der Waals surface area contributed by atoms with E-state index >= 15 is 0 Å². The van der Waals surface area contributed by atoms with Gasteiger partial charge in [0.15, 0.2) is 0 Å². The molecule has 0 aliphatic heterocycles. The zero-order valence-electron chi connectivity index (χ0n) is 6.82. The minimum atomic E-state index is -4.30. The van der Waals surface area contributed by atoms with E-state index in [-0.39, 0.29) is 3.70 Å². The van der Waals surface area contributed by atoms with Crippen molar-refractivity contribution in [2.45, 2.75) is 19.5 Å². The van der Waals surface area contributed by atoms with Crippen LogP contribution in [0.15, 0.2) is 12.3 Å². The van der Waals surface area contributed by atoms with Gasteiger partial charge >= 0.3 is 6.18 Å². The fourth-order valence-electron chi connectivity index (χ4n) is 0.883. The molecule has 0 saturated heterocycles. The van der Waals surface area contributed by atoms with Crippen LogP contribution in [0.25, 0.3) is 0 Å². The Morgan fingerprint density at radius 1 is 1.46 bits per heavy atom. The summed E-state index contributed by atoms with van der Waals surface area (Å²) in [6.45, 7) is 1.80. The van der Waals surface area contributed by atoms with E-state index in [0.717, 1.165) is 6.07 Å². The predicted molar refractivity (Wildman–Crippen MR) is 51.3 cm³/mol. The van der Waals surface area contributed by atoms with Gasteiger partial charge in [0.2, 0.25) is 0 Å². The van der Waals surface area contributed by atoms with E-state index in [0.29, 0.717) is 12.0 Å². The van der Waals surface area contributed by atoms with Crippen LogP contribution in [0.2, 0.25) is 0 Å². The summed E-state index contributed by atoms with van der Waals surface area (Å²) < 4.78 is 37.0. The van der Waals surface area contributed by atoms with Gasteiger partial charge in [-0.15, -0.1) is 0 Å². The van der Waals surface area contributed by atoms with E-state index in [1.54, 1.807) is 29.5 Å². The van der Waals surface area contributed by atoms with Crippen molar-refractivity contribution in [3.63, 3.8) is 0 Å². The van der Waals surface area contributed by atoms with Crippen LogP contribution in [0, 0.1) is 3.70 Å². The van der Waals surface area contributed by atoms with E-state index in [2.05, 4.69) is 4.98 Å². The molecule has 0 spiro atoms. The number of halogens is 4. The molecule has 72 valence electrons. The van der Waals surface area contributed by atoms with Gasteiger partial charge in [-0.1, -0.05) is 6.92 Å². The first kappa shape index (κ1) is 10.7. The summed E-state index contributed by atoms with van der Waals surface area (Å²) in [7, 11) is 0. The van der Waals surface area contributed by atoms with Crippen molar-refractivity contribution in [3.05, 3.63) is 27.1 Å². The Morgan fingerprint density at radius 2 is 2.08 bits per heavy atom. The van der Waals surface area contributed by atoms with Crippen LogP contribution in [0.3, 0.4) is 0 Å². The lowest BCUT2D eigenvalue weighted by Crippen LogP contribution is -2.09. The van der Waals surface area contributed by atoms with Crippen molar-refractivity contribution in [2.24, 2.45) is 0 Å². The monoisotopic (exact) mass is 301 g/mol. The molecule has 13 heavy (non-hydrogen) atoms. The smallest absolute Gasteiger partial charge is 0.249 e. The fourth-order valence-corrected chi connectivity index (χ4v) is 1.48. The molecule has 1 rings (SSSR count). The summed E-state index contributed by atoms with van der Waals surface area (Å²) >= 11 is 1.59. The topological polar surface area (TPSA) is 12.9 Å². The molecule has 0 N–H and O–H groups in total. The maximum Gasteiger partial charge on any atom is 0.418 e. The summed E-state index contributed by atoms with van der Waals surface area (Å²) in [6.07, 6.45) is -2.27. The molecule has 1 aromatic rings. The second-order valence-electron chi connectivity index (χ2n) is 2.53. The molecule has 0 unspecified atom stereocenters. The highest BCUT2D eigenvalue weighted by molar-refractivity contribution is 14.1.